The smallest absolute Gasteiger partial charge is 0.335 e. The number of esters is 1. The van der Waals surface area contributed by atoms with Gasteiger partial charge >= 0.3 is 11.9 Å². The summed E-state index contributed by atoms with van der Waals surface area (Å²) in [4.78, 5) is 21.8. The topological polar surface area (TPSA) is 63.6 Å². The van der Waals surface area contributed by atoms with Crippen molar-refractivity contribution in [2.45, 2.75) is 20.3 Å². The number of aromatic carboxylic acids is 1. The number of hydrogen-bond donors (Lipinski definition) is 1. The van der Waals surface area contributed by atoms with Gasteiger partial charge in [-0.2, -0.15) is 0 Å². The van der Waals surface area contributed by atoms with Gasteiger partial charge in [-0.25, -0.2) is 4.79 Å². The van der Waals surface area contributed by atoms with Gasteiger partial charge in [-0.05, 0) is 37.6 Å². The highest BCUT2D eigenvalue weighted by Crippen LogP contribution is 2.10. The zero-order valence-electron chi connectivity index (χ0n) is 10.3. The normalized spacial score (nSPS) is 9.22. The summed E-state index contributed by atoms with van der Waals surface area (Å²) in [6.07, 6.45) is 0.0357. The van der Waals surface area contributed by atoms with Gasteiger partial charge in [0.2, 0.25) is 0 Å². The second-order valence-electron chi connectivity index (χ2n) is 3.62. The highest BCUT2D eigenvalue weighted by atomic mass is 16.5. The zero-order chi connectivity index (χ0) is 13.5. The van der Waals surface area contributed by atoms with Crippen LogP contribution in [0.3, 0.4) is 0 Å². The molecule has 4 heteroatoms. The molecule has 1 N–H and O–H groups in total. The molecule has 0 aromatic heterocycles. The summed E-state index contributed by atoms with van der Waals surface area (Å²) < 4.78 is 4.74. The second-order valence-corrected chi connectivity index (χ2v) is 3.62. The molecule has 4 nitrogen and oxygen atoms in total. The van der Waals surface area contributed by atoms with Crippen molar-refractivity contribution in [3.05, 3.63) is 34.9 Å². The number of hydrogen-bond acceptors (Lipinski definition) is 3. The van der Waals surface area contributed by atoms with Crippen LogP contribution in [-0.2, 0) is 9.53 Å². The highest BCUT2D eigenvalue weighted by molar-refractivity contribution is 5.88. The van der Waals surface area contributed by atoms with Gasteiger partial charge in [0.05, 0.1) is 12.2 Å². The lowest BCUT2D eigenvalue weighted by molar-refractivity contribution is -0.141. The summed E-state index contributed by atoms with van der Waals surface area (Å²) in [6, 6.07) is 4.68. The third kappa shape index (κ3) is 3.95. The molecule has 0 aliphatic carbocycles. The Labute approximate surface area is 106 Å². The Hall–Kier alpha value is -2.28. The van der Waals surface area contributed by atoms with Gasteiger partial charge in [-0.15, -0.1) is 0 Å². The minimum absolute atomic E-state index is 0.0357. The molecule has 94 valence electrons. The fraction of sp³-hybridized carbons (Fsp3) is 0.286. The molecule has 0 aliphatic heterocycles. The molecule has 0 bridgehead atoms. The second kappa shape index (κ2) is 6.45. The van der Waals surface area contributed by atoms with Gasteiger partial charge in [-0.1, -0.05) is 11.8 Å². The summed E-state index contributed by atoms with van der Waals surface area (Å²) in [7, 11) is 0. The van der Waals surface area contributed by atoms with Crippen molar-refractivity contribution in [3.63, 3.8) is 0 Å². The van der Waals surface area contributed by atoms with E-state index in [2.05, 4.69) is 11.8 Å². The van der Waals surface area contributed by atoms with Crippen LogP contribution in [0.1, 0.15) is 34.8 Å². The molecular formula is C14H14O4. The number of benzene rings is 1. The molecule has 0 fully saturated rings. The van der Waals surface area contributed by atoms with E-state index in [9.17, 15) is 9.59 Å². The van der Waals surface area contributed by atoms with E-state index in [0.29, 0.717) is 12.2 Å². The minimum atomic E-state index is -0.968. The van der Waals surface area contributed by atoms with Crippen molar-refractivity contribution in [1.82, 2.24) is 0 Å². The largest absolute Gasteiger partial charge is 0.478 e. The van der Waals surface area contributed by atoms with Gasteiger partial charge < -0.3 is 9.84 Å². The third-order valence-corrected chi connectivity index (χ3v) is 2.23. The van der Waals surface area contributed by atoms with Gasteiger partial charge in [0.1, 0.15) is 6.42 Å². The van der Waals surface area contributed by atoms with E-state index in [1.54, 1.807) is 26.0 Å². The van der Waals surface area contributed by atoms with Gasteiger partial charge in [0, 0.05) is 5.56 Å². The molecular weight excluding hydrogens is 232 g/mol. The number of carboxylic acid groups (broad SMARTS) is 1. The fourth-order valence-electron chi connectivity index (χ4n) is 1.36. The summed E-state index contributed by atoms with van der Waals surface area (Å²) >= 11 is 0. The lowest BCUT2D eigenvalue weighted by atomic mass is 10.1. The monoisotopic (exact) mass is 246 g/mol. The molecule has 18 heavy (non-hydrogen) atoms. The average molecular weight is 246 g/mol. The first-order chi connectivity index (χ1) is 8.54. The molecule has 0 radical (unpaired) electrons. The Bertz CT molecular complexity index is 520. The number of carbonyl (C=O) groups excluding carboxylic acids is 1. The standard InChI is InChI=1S/C14H14O4/c1-3-18-13(15)6-4-5-11-7-8-12(14(16)17)9-10(11)2/h7-9H,3,6H2,1-2H3,(H,16,17). The van der Waals surface area contributed by atoms with Crippen molar-refractivity contribution in [3.8, 4) is 11.8 Å². The first-order valence-electron chi connectivity index (χ1n) is 5.53. The average Bonchev–Trinajstić information content (AvgIpc) is 2.31. The Balaban J connectivity index is 2.77. The number of aryl methyl sites for hydroxylation is 1. The Morgan fingerprint density at radius 1 is 1.39 bits per heavy atom. The summed E-state index contributed by atoms with van der Waals surface area (Å²) in [5.74, 6) is 4.20. The predicted molar refractivity (Wildman–Crippen MR) is 66.3 cm³/mol. The molecule has 0 aliphatic rings. The number of ether oxygens (including phenoxy) is 1. The molecule has 0 unspecified atom stereocenters. The molecule has 0 heterocycles. The molecule has 0 saturated carbocycles. The zero-order valence-corrected chi connectivity index (χ0v) is 10.3. The van der Waals surface area contributed by atoms with Crippen LogP contribution < -0.4 is 0 Å². The molecule has 0 atom stereocenters. The predicted octanol–water partition coefficient (Wildman–Crippen LogP) is 2.00. The van der Waals surface area contributed by atoms with Crippen molar-refractivity contribution in [2.75, 3.05) is 6.61 Å². The van der Waals surface area contributed by atoms with E-state index in [1.165, 1.54) is 6.07 Å². The van der Waals surface area contributed by atoms with Crippen LogP contribution in [0.2, 0.25) is 0 Å². The van der Waals surface area contributed by atoms with Crippen LogP contribution in [0.4, 0.5) is 0 Å². The van der Waals surface area contributed by atoms with Crippen molar-refractivity contribution >= 4 is 11.9 Å². The maximum atomic E-state index is 11.1. The summed E-state index contributed by atoms with van der Waals surface area (Å²) in [6.45, 7) is 3.85. The van der Waals surface area contributed by atoms with Gasteiger partial charge in [0.25, 0.3) is 0 Å². The van der Waals surface area contributed by atoms with Crippen LogP contribution in [0.25, 0.3) is 0 Å². The van der Waals surface area contributed by atoms with Crippen LogP contribution in [-0.4, -0.2) is 23.7 Å². The maximum Gasteiger partial charge on any atom is 0.335 e. The van der Waals surface area contributed by atoms with Crippen LogP contribution >= 0.6 is 0 Å². The van der Waals surface area contributed by atoms with E-state index in [-0.39, 0.29) is 18.0 Å². The van der Waals surface area contributed by atoms with Crippen molar-refractivity contribution in [2.24, 2.45) is 0 Å². The van der Waals surface area contributed by atoms with E-state index in [4.69, 9.17) is 9.84 Å². The molecule has 1 rings (SSSR count). The summed E-state index contributed by atoms with van der Waals surface area (Å²) in [5.41, 5.74) is 1.71. The first-order valence-corrected chi connectivity index (χ1v) is 5.53. The quantitative estimate of drug-likeness (QED) is 0.654. The number of carbonyl (C=O) groups is 2. The van der Waals surface area contributed by atoms with E-state index in [0.717, 1.165) is 5.56 Å². The molecule has 1 aromatic rings. The molecule has 0 spiro atoms. The summed E-state index contributed by atoms with van der Waals surface area (Å²) in [5, 5.41) is 8.81. The maximum absolute atomic E-state index is 11.1. The lowest BCUT2D eigenvalue weighted by Crippen LogP contribution is -2.01. The van der Waals surface area contributed by atoms with Crippen molar-refractivity contribution in [1.29, 1.82) is 0 Å². The molecule has 0 saturated heterocycles. The van der Waals surface area contributed by atoms with Crippen molar-refractivity contribution < 1.29 is 19.4 Å². The Morgan fingerprint density at radius 2 is 2.11 bits per heavy atom. The van der Waals surface area contributed by atoms with E-state index in [1.807, 2.05) is 0 Å². The van der Waals surface area contributed by atoms with Crippen LogP contribution in [0.5, 0.6) is 0 Å². The van der Waals surface area contributed by atoms with Crippen LogP contribution in [0.15, 0.2) is 18.2 Å². The van der Waals surface area contributed by atoms with Crippen LogP contribution in [0, 0.1) is 18.8 Å². The first kappa shape index (κ1) is 13.8. The molecule has 1 aromatic carbocycles. The SMILES string of the molecule is CCOC(=O)CC#Cc1ccc(C(=O)O)cc1C. The van der Waals surface area contributed by atoms with E-state index >= 15 is 0 Å². The third-order valence-electron chi connectivity index (χ3n) is 2.23. The van der Waals surface area contributed by atoms with Gasteiger partial charge in [-0.3, -0.25) is 4.79 Å². The molecule has 0 amide bonds. The Morgan fingerprint density at radius 3 is 2.67 bits per heavy atom. The lowest BCUT2D eigenvalue weighted by Gasteiger charge is -2.00. The van der Waals surface area contributed by atoms with Gasteiger partial charge in [0.15, 0.2) is 0 Å². The number of carboxylic acids is 1. The number of rotatable bonds is 3. The highest BCUT2D eigenvalue weighted by Gasteiger charge is 2.04. The minimum Gasteiger partial charge on any atom is -0.478 e. The fourth-order valence-corrected chi connectivity index (χ4v) is 1.36. The van der Waals surface area contributed by atoms with E-state index < -0.39 is 5.97 Å². The Kier molecular flexibility index (Phi) is 4.94.